The molecule has 0 spiro atoms. The number of hydrogen-bond acceptors (Lipinski definition) is 2. The molecule has 0 aliphatic rings. The Morgan fingerprint density at radius 3 is 2.31 bits per heavy atom. The van der Waals surface area contributed by atoms with E-state index in [2.05, 4.69) is 0 Å². The molecule has 0 N–H and O–H groups in total. The Labute approximate surface area is 70.9 Å². The average Bonchev–Trinajstić information content (AvgIpc) is 2.03. The first kappa shape index (κ1) is 9.50. The van der Waals surface area contributed by atoms with Crippen LogP contribution < -0.4 is 0 Å². The molecule has 0 saturated heterocycles. The van der Waals surface area contributed by atoms with E-state index in [-0.39, 0.29) is 0 Å². The monoisotopic (exact) mass is 190 g/mol. The molecule has 0 bridgehead atoms. The summed E-state index contributed by atoms with van der Waals surface area (Å²) in [7, 11) is 0. The summed E-state index contributed by atoms with van der Waals surface area (Å²) >= 11 is 0. The molecule has 1 aromatic carbocycles. The van der Waals surface area contributed by atoms with Gasteiger partial charge in [-0.2, -0.15) is 13.2 Å². The second kappa shape index (κ2) is 3.04. The van der Waals surface area contributed by atoms with Gasteiger partial charge in [-0.15, -0.1) is 0 Å². The van der Waals surface area contributed by atoms with Crippen molar-refractivity contribution in [3.8, 4) is 0 Å². The van der Waals surface area contributed by atoms with Gasteiger partial charge in [-0.05, 0) is 12.1 Å². The lowest BCUT2D eigenvalue weighted by Crippen LogP contribution is -2.04. The number of rotatable bonds is 1. The van der Waals surface area contributed by atoms with Crippen LogP contribution >= 0.6 is 0 Å². The molecule has 0 aliphatic carbocycles. The van der Waals surface area contributed by atoms with Crippen LogP contribution in [0.2, 0.25) is 0 Å². The summed E-state index contributed by atoms with van der Waals surface area (Å²) in [5.74, 6) is 0. The fourth-order valence-electron chi connectivity index (χ4n) is 0.707. The van der Waals surface area contributed by atoms with Crippen LogP contribution in [0.5, 0.6) is 0 Å². The van der Waals surface area contributed by atoms with Crippen molar-refractivity contribution in [3.05, 3.63) is 39.9 Å². The number of hydrogen-bond donors (Lipinski definition) is 0. The summed E-state index contributed by atoms with van der Waals surface area (Å²) in [5, 5.41) is 10.1. The zero-order valence-corrected chi connectivity index (χ0v) is 6.13. The quantitative estimate of drug-likeness (QED) is 0.504. The molecule has 0 aliphatic heterocycles. The Hall–Kier alpha value is -1.59. The Balaban J connectivity index is 3.01. The van der Waals surface area contributed by atoms with Crippen molar-refractivity contribution in [1.29, 1.82) is 0 Å². The van der Waals surface area contributed by atoms with Crippen molar-refractivity contribution in [2.75, 3.05) is 0 Å². The number of alkyl halides is 3. The maximum absolute atomic E-state index is 11.9. The van der Waals surface area contributed by atoms with Gasteiger partial charge in [-0.25, -0.2) is 0 Å². The molecule has 0 amide bonds. The molecule has 3 nitrogen and oxygen atoms in total. The van der Waals surface area contributed by atoms with Crippen molar-refractivity contribution in [2.45, 2.75) is 6.18 Å². The number of nitrogens with zero attached hydrogens (tertiary/aromatic N) is 1. The van der Waals surface area contributed by atoms with Crippen LogP contribution in [0, 0.1) is 16.2 Å². The highest BCUT2D eigenvalue weighted by Crippen LogP contribution is 2.29. The topological polar surface area (TPSA) is 43.1 Å². The largest absolute Gasteiger partial charge is 0.416 e. The SMILES string of the molecule is O=[N+]([O-])c1[c]cc(C(F)(F)F)cc1. The van der Waals surface area contributed by atoms with Gasteiger partial charge in [0.25, 0.3) is 5.69 Å². The van der Waals surface area contributed by atoms with Crippen LogP contribution in [0.3, 0.4) is 0 Å². The molecule has 6 heteroatoms. The van der Waals surface area contributed by atoms with E-state index in [0.717, 1.165) is 6.07 Å². The summed E-state index contributed by atoms with van der Waals surface area (Å²) in [6.45, 7) is 0. The molecule has 1 rings (SSSR count). The number of benzene rings is 1. The zero-order chi connectivity index (χ0) is 10.1. The van der Waals surface area contributed by atoms with Crippen molar-refractivity contribution >= 4 is 5.69 Å². The Kier molecular flexibility index (Phi) is 2.22. The van der Waals surface area contributed by atoms with Gasteiger partial charge < -0.3 is 0 Å². The first-order chi connectivity index (χ1) is 5.91. The molecule has 0 aromatic heterocycles. The smallest absolute Gasteiger partial charge is 0.258 e. The maximum Gasteiger partial charge on any atom is 0.416 e. The molecule has 0 saturated carbocycles. The number of halogens is 3. The molecule has 0 atom stereocenters. The summed E-state index contributed by atoms with van der Waals surface area (Å²) in [6.07, 6.45) is -4.48. The Bertz CT molecular complexity index is 318. The molecule has 13 heavy (non-hydrogen) atoms. The molecule has 0 unspecified atom stereocenters. The van der Waals surface area contributed by atoms with E-state index in [0.29, 0.717) is 12.1 Å². The summed E-state index contributed by atoms with van der Waals surface area (Å²) < 4.78 is 35.8. The van der Waals surface area contributed by atoms with Crippen LogP contribution in [0.15, 0.2) is 18.2 Å². The van der Waals surface area contributed by atoms with Gasteiger partial charge in [0, 0.05) is 6.07 Å². The van der Waals surface area contributed by atoms with Crippen LogP contribution in [0.4, 0.5) is 18.9 Å². The Morgan fingerprint density at radius 1 is 1.38 bits per heavy atom. The predicted octanol–water partition coefficient (Wildman–Crippen LogP) is 2.41. The molecule has 69 valence electrons. The third-order valence-electron chi connectivity index (χ3n) is 1.32. The zero-order valence-electron chi connectivity index (χ0n) is 6.13. The minimum atomic E-state index is -4.48. The summed E-state index contributed by atoms with van der Waals surface area (Å²) in [5.41, 5.74) is -1.42. The predicted molar refractivity (Wildman–Crippen MR) is 36.9 cm³/mol. The molecular formula is C7H3F3NO2. The third-order valence-corrected chi connectivity index (χ3v) is 1.32. The molecule has 0 fully saturated rings. The van der Waals surface area contributed by atoms with E-state index in [1.54, 1.807) is 0 Å². The standard InChI is InChI=1S/C7H3F3NO2/c8-7(9,10)5-1-3-6(4-2-5)11(12)13/h1-3H. The second-order valence-corrected chi connectivity index (χ2v) is 2.22. The highest BCUT2D eigenvalue weighted by atomic mass is 19.4. The van der Waals surface area contributed by atoms with Crippen molar-refractivity contribution in [2.24, 2.45) is 0 Å². The lowest BCUT2D eigenvalue weighted by molar-refractivity contribution is -0.385. The number of nitro groups is 1. The van der Waals surface area contributed by atoms with Gasteiger partial charge in [0.1, 0.15) is 0 Å². The molecule has 1 aromatic rings. The normalized spacial score (nSPS) is 11.3. The van der Waals surface area contributed by atoms with Gasteiger partial charge in [0.2, 0.25) is 0 Å². The van der Waals surface area contributed by atoms with E-state index in [9.17, 15) is 23.3 Å². The molecule has 1 radical (unpaired) electrons. The second-order valence-electron chi connectivity index (χ2n) is 2.22. The first-order valence-electron chi connectivity index (χ1n) is 3.14. The minimum absolute atomic E-state index is 0.479. The molecule has 0 heterocycles. The lowest BCUT2D eigenvalue weighted by Gasteiger charge is -2.04. The fraction of sp³-hybridized carbons (Fsp3) is 0.143. The van der Waals surface area contributed by atoms with Crippen LogP contribution in [0.1, 0.15) is 5.56 Å². The van der Waals surface area contributed by atoms with E-state index in [1.165, 1.54) is 0 Å². The van der Waals surface area contributed by atoms with Gasteiger partial charge in [-0.1, -0.05) is 0 Å². The van der Waals surface area contributed by atoms with E-state index in [4.69, 9.17) is 0 Å². The maximum atomic E-state index is 11.9. The van der Waals surface area contributed by atoms with Crippen molar-refractivity contribution in [1.82, 2.24) is 0 Å². The van der Waals surface area contributed by atoms with Crippen LogP contribution in [-0.4, -0.2) is 4.92 Å². The average molecular weight is 190 g/mol. The first-order valence-corrected chi connectivity index (χ1v) is 3.14. The Morgan fingerprint density at radius 2 is 2.00 bits per heavy atom. The lowest BCUT2D eigenvalue weighted by atomic mass is 10.2. The van der Waals surface area contributed by atoms with E-state index in [1.807, 2.05) is 6.07 Å². The third kappa shape index (κ3) is 2.17. The summed E-state index contributed by atoms with van der Waals surface area (Å²) in [4.78, 5) is 9.25. The van der Waals surface area contributed by atoms with Gasteiger partial charge in [0.05, 0.1) is 16.6 Å². The molecular weight excluding hydrogens is 187 g/mol. The highest BCUT2D eigenvalue weighted by molar-refractivity contribution is 5.32. The van der Waals surface area contributed by atoms with Gasteiger partial charge >= 0.3 is 6.18 Å². The summed E-state index contributed by atoms with van der Waals surface area (Å²) in [6, 6.07) is 3.89. The van der Waals surface area contributed by atoms with Gasteiger partial charge in [-0.3, -0.25) is 10.1 Å². The minimum Gasteiger partial charge on any atom is -0.258 e. The van der Waals surface area contributed by atoms with E-state index >= 15 is 0 Å². The van der Waals surface area contributed by atoms with Crippen LogP contribution in [-0.2, 0) is 6.18 Å². The highest BCUT2D eigenvalue weighted by Gasteiger charge is 2.30. The van der Waals surface area contributed by atoms with Gasteiger partial charge in [0.15, 0.2) is 0 Å². The van der Waals surface area contributed by atoms with E-state index < -0.39 is 22.4 Å². The number of nitro benzene ring substituents is 1. The van der Waals surface area contributed by atoms with Crippen molar-refractivity contribution in [3.63, 3.8) is 0 Å². The number of non-ortho nitro benzene ring substituents is 1. The fourth-order valence-corrected chi connectivity index (χ4v) is 0.707. The van der Waals surface area contributed by atoms with Crippen LogP contribution in [0.25, 0.3) is 0 Å². The van der Waals surface area contributed by atoms with Crippen molar-refractivity contribution < 1.29 is 18.1 Å².